The van der Waals surface area contributed by atoms with E-state index in [9.17, 15) is 9.59 Å². The number of carbonyl (C=O) groups excluding carboxylic acids is 2. The summed E-state index contributed by atoms with van der Waals surface area (Å²) < 4.78 is 23.0. The Hall–Kier alpha value is -2.82. The van der Waals surface area contributed by atoms with Gasteiger partial charge in [-0.2, -0.15) is 0 Å². The highest BCUT2D eigenvalue weighted by Crippen LogP contribution is 2.41. The zero-order valence-electron chi connectivity index (χ0n) is 19.5. The van der Waals surface area contributed by atoms with Gasteiger partial charge in [0.25, 0.3) is 11.8 Å². The minimum atomic E-state index is -0.667. The van der Waals surface area contributed by atoms with Crippen LogP contribution in [0.3, 0.4) is 0 Å². The summed E-state index contributed by atoms with van der Waals surface area (Å²) in [4.78, 5) is 36.2. The Balaban J connectivity index is 1.24. The lowest BCUT2D eigenvalue weighted by molar-refractivity contribution is -0.135. The molecule has 1 atom stereocenters. The van der Waals surface area contributed by atoms with Crippen molar-refractivity contribution in [2.24, 2.45) is 0 Å². The number of ether oxygens (including phenoxy) is 1. The number of halogens is 3. The number of thioether (sulfide) groups is 1. The zero-order valence-corrected chi connectivity index (χ0v) is 21.9. The maximum atomic E-state index is 15.2. The van der Waals surface area contributed by atoms with E-state index in [2.05, 4.69) is 14.9 Å². The third kappa shape index (κ3) is 4.78. The van der Waals surface area contributed by atoms with E-state index in [-0.39, 0.29) is 46.1 Å². The maximum absolute atomic E-state index is 15.2. The van der Waals surface area contributed by atoms with Crippen LogP contribution in [0.4, 0.5) is 4.39 Å². The fraction of sp³-hybridized carbons (Fsp3) is 0.360. The molecule has 1 aliphatic carbocycles. The predicted octanol–water partition coefficient (Wildman–Crippen LogP) is 4.28. The van der Waals surface area contributed by atoms with Gasteiger partial charge in [0.15, 0.2) is 22.7 Å². The summed E-state index contributed by atoms with van der Waals surface area (Å²) in [6.45, 7) is 0.773. The minimum Gasteiger partial charge on any atom is -0.481 e. The summed E-state index contributed by atoms with van der Waals surface area (Å²) in [5.41, 5.74) is 2.24. The number of imidazole rings is 1. The Morgan fingerprint density at radius 3 is 2.76 bits per heavy atom. The molecule has 37 heavy (non-hydrogen) atoms. The quantitative estimate of drug-likeness (QED) is 0.452. The van der Waals surface area contributed by atoms with E-state index in [1.54, 1.807) is 28.8 Å². The van der Waals surface area contributed by atoms with Crippen molar-refractivity contribution in [3.63, 3.8) is 0 Å². The van der Waals surface area contributed by atoms with Gasteiger partial charge in [-0.1, -0.05) is 41.0 Å². The Kier molecular flexibility index (Phi) is 6.50. The summed E-state index contributed by atoms with van der Waals surface area (Å²) in [5.74, 6) is -0.0553. The van der Waals surface area contributed by atoms with E-state index >= 15 is 4.39 Å². The Morgan fingerprint density at radius 2 is 2.00 bits per heavy atom. The van der Waals surface area contributed by atoms with Crippen molar-refractivity contribution in [2.45, 2.75) is 43.0 Å². The number of nitrogens with one attached hydrogen (secondary N) is 1. The fourth-order valence-corrected chi connectivity index (χ4v) is 6.06. The van der Waals surface area contributed by atoms with Gasteiger partial charge in [0.05, 0.1) is 11.4 Å². The van der Waals surface area contributed by atoms with Gasteiger partial charge < -0.3 is 19.5 Å². The van der Waals surface area contributed by atoms with Crippen LogP contribution in [0.25, 0.3) is 0 Å². The lowest BCUT2D eigenvalue weighted by Crippen LogP contribution is -2.44. The summed E-state index contributed by atoms with van der Waals surface area (Å²) in [7, 11) is 0. The van der Waals surface area contributed by atoms with Crippen LogP contribution in [0.1, 0.15) is 46.3 Å². The van der Waals surface area contributed by atoms with Gasteiger partial charge in [-0.15, -0.1) is 0 Å². The summed E-state index contributed by atoms with van der Waals surface area (Å²) >= 11 is 13.9. The van der Waals surface area contributed by atoms with Crippen molar-refractivity contribution < 1.29 is 18.7 Å². The number of nitrogens with zero attached hydrogens (tertiary/aromatic N) is 4. The molecule has 0 saturated heterocycles. The molecule has 1 saturated carbocycles. The molecule has 2 aliphatic heterocycles. The Labute approximate surface area is 226 Å². The number of pyridine rings is 1. The molecule has 4 heterocycles. The van der Waals surface area contributed by atoms with E-state index in [4.69, 9.17) is 32.9 Å². The molecular formula is C25H22Cl2FN5O3S. The van der Waals surface area contributed by atoms with Crippen LogP contribution in [0, 0.1) is 5.82 Å². The van der Waals surface area contributed by atoms with Gasteiger partial charge in [0.2, 0.25) is 0 Å². The first-order valence-electron chi connectivity index (χ1n) is 12.0. The Bertz CT molecular complexity index is 1410. The second kappa shape index (κ2) is 9.81. The number of aromatic nitrogens is 3. The monoisotopic (exact) mass is 561 g/mol. The third-order valence-corrected chi connectivity index (χ3v) is 8.10. The molecule has 1 fully saturated rings. The third-order valence-electron chi connectivity index (χ3n) is 6.64. The van der Waals surface area contributed by atoms with Gasteiger partial charge in [0, 0.05) is 41.9 Å². The van der Waals surface area contributed by atoms with Gasteiger partial charge in [0.1, 0.15) is 17.6 Å². The van der Waals surface area contributed by atoms with Gasteiger partial charge in [-0.05, 0) is 37.1 Å². The van der Waals surface area contributed by atoms with Gasteiger partial charge in [-0.25, -0.2) is 14.4 Å². The van der Waals surface area contributed by atoms with Crippen LogP contribution in [-0.4, -0.2) is 56.2 Å². The zero-order chi connectivity index (χ0) is 25.7. The van der Waals surface area contributed by atoms with Crippen LogP contribution in [0.15, 0.2) is 35.5 Å². The first kappa shape index (κ1) is 24.5. The van der Waals surface area contributed by atoms with Crippen molar-refractivity contribution >= 4 is 46.8 Å². The lowest BCUT2D eigenvalue weighted by atomic mass is 9.94. The molecule has 0 bridgehead atoms. The summed E-state index contributed by atoms with van der Waals surface area (Å²) in [5, 5.41) is 4.01. The van der Waals surface area contributed by atoms with Crippen molar-refractivity contribution in [2.75, 3.05) is 18.9 Å². The molecule has 6 rings (SSSR count). The molecule has 0 radical (unpaired) electrons. The fourth-order valence-electron chi connectivity index (χ4n) is 4.71. The first-order chi connectivity index (χ1) is 17.9. The van der Waals surface area contributed by atoms with E-state index in [1.165, 1.54) is 18.2 Å². The predicted molar refractivity (Wildman–Crippen MR) is 137 cm³/mol. The lowest BCUT2D eigenvalue weighted by Gasteiger charge is -2.36. The topological polar surface area (TPSA) is 89.4 Å². The number of fused-ring (bicyclic) bond motifs is 3. The van der Waals surface area contributed by atoms with E-state index in [0.717, 1.165) is 41.7 Å². The van der Waals surface area contributed by atoms with Crippen LogP contribution in [0.5, 0.6) is 5.75 Å². The van der Waals surface area contributed by atoms with E-state index in [0.29, 0.717) is 18.5 Å². The highest BCUT2D eigenvalue weighted by molar-refractivity contribution is 7.99. The van der Waals surface area contributed by atoms with Crippen molar-refractivity contribution in [3.05, 3.63) is 69.0 Å². The largest absolute Gasteiger partial charge is 0.481 e. The summed E-state index contributed by atoms with van der Waals surface area (Å²) in [6.07, 6.45) is 2.48. The average molecular weight is 562 g/mol. The van der Waals surface area contributed by atoms with Crippen molar-refractivity contribution in [1.29, 1.82) is 0 Å². The SMILES string of the molecule is O=C(NC1CC1)c1ccc(OCC(=O)N2CCc3nc4n(c3C2c2ccc(Cl)cc2F)CCS4)c(Cl)n1. The number of hydrogen-bond acceptors (Lipinski definition) is 6. The minimum absolute atomic E-state index is 0.0110. The van der Waals surface area contributed by atoms with E-state index in [1.807, 2.05) is 0 Å². The van der Waals surface area contributed by atoms with Crippen LogP contribution >= 0.6 is 35.0 Å². The number of hydrogen-bond donors (Lipinski definition) is 1. The molecule has 2 aromatic heterocycles. The van der Waals surface area contributed by atoms with Crippen LogP contribution in [0.2, 0.25) is 10.2 Å². The molecule has 1 unspecified atom stereocenters. The normalized spacial score (nSPS) is 18.4. The highest BCUT2D eigenvalue weighted by atomic mass is 35.5. The molecule has 3 aliphatic rings. The number of amides is 2. The highest BCUT2D eigenvalue weighted by Gasteiger charge is 2.39. The van der Waals surface area contributed by atoms with Crippen molar-refractivity contribution in [3.8, 4) is 5.75 Å². The molecule has 12 heteroatoms. The molecular weight excluding hydrogens is 540 g/mol. The van der Waals surface area contributed by atoms with Crippen molar-refractivity contribution in [1.82, 2.24) is 24.8 Å². The molecule has 2 amide bonds. The maximum Gasteiger partial charge on any atom is 0.270 e. The molecule has 3 aromatic rings. The molecule has 1 N–H and O–H groups in total. The number of carbonyl (C=O) groups is 2. The molecule has 0 spiro atoms. The average Bonchev–Trinajstić information content (AvgIpc) is 3.44. The molecule has 192 valence electrons. The van der Waals surface area contributed by atoms with Gasteiger partial charge in [-0.3, -0.25) is 9.59 Å². The second-order valence-electron chi connectivity index (χ2n) is 9.15. The van der Waals surface area contributed by atoms with Crippen LogP contribution in [-0.2, 0) is 17.8 Å². The van der Waals surface area contributed by atoms with Crippen LogP contribution < -0.4 is 10.1 Å². The number of rotatable bonds is 6. The standard InChI is InChI=1S/C25H22Cl2FN5O3S/c26-13-1-4-15(16(28)11-13)21-22-17(31-25-33(22)9-10-37-25)7-8-32(21)20(34)12-36-19-6-5-18(30-23(19)27)24(35)29-14-2-3-14/h1,4-6,11,14,21H,2-3,7-10,12H2,(H,29,35). The Morgan fingerprint density at radius 1 is 1.16 bits per heavy atom. The van der Waals surface area contributed by atoms with Gasteiger partial charge >= 0.3 is 0 Å². The second-order valence-corrected chi connectivity index (χ2v) is 11.0. The molecule has 8 nitrogen and oxygen atoms in total. The molecule has 1 aromatic carbocycles. The smallest absolute Gasteiger partial charge is 0.270 e. The summed E-state index contributed by atoms with van der Waals surface area (Å²) in [6, 6.07) is 7.06. The van der Waals surface area contributed by atoms with E-state index < -0.39 is 11.9 Å². The first-order valence-corrected chi connectivity index (χ1v) is 13.7. The number of benzene rings is 1.